The molecule has 13 heavy (non-hydrogen) atoms. The molecule has 0 spiro atoms. The zero-order chi connectivity index (χ0) is 9.84. The molecule has 5 heteroatoms. The molecule has 0 aliphatic rings. The summed E-state index contributed by atoms with van der Waals surface area (Å²) in [6, 6.07) is 0.276. The Kier molecular flexibility index (Phi) is 2.79. The van der Waals surface area contributed by atoms with E-state index in [1.165, 1.54) is 6.08 Å². The lowest BCUT2D eigenvalue weighted by Gasteiger charge is -2.02. The summed E-state index contributed by atoms with van der Waals surface area (Å²) in [4.78, 5) is 9.51. The first-order chi connectivity index (χ1) is 6.09. The van der Waals surface area contributed by atoms with Gasteiger partial charge in [-0.25, -0.2) is 0 Å². The highest BCUT2D eigenvalue weighted by molar-refractivity contribution is 5.44. The predicted molar refractivity (Wildman–Crippen MR) is 48.6 cm³/mol. The summed E-state index contributed by atoms with van der Waals surface area (Å²) < 4.78 is 1.75. The largest absolute Gasteiger partial charge is 0.270 e. The van der Waals surface area contributed by atoms with Gasteiger partial charge in [-0.1, -0.05) is 0 Å². The van der Waals surface area contributed by atoms with Crippen LogP contribution in [0, 0.1) is 10.1 Å². The SMILES string of the molecule is CC(C)n1cc(/C=C/[N+](=O)[O-])cn1. The van der Waals surface area contributed by atoms with Crippen LogP contribution in [0.15, 0.2) is 18.6 Å². The number of aromatic nitrogens is 2. The van der Waals surface area contributed by atoms with Gasteiger partial charge in [0.05, 0.1) is 11.1 Å². The Morgan fingerprint density at radius 3 is 2.85 bits per heavy atom. The van der Waals surface area contributed by atoms with E-state index >= 15 is 0 Å². The molecular weight excluding hydrogens is 170 g/mol. The molecule has 0 radical (unpaired) electrons. The van der Waals surface area contributed by atoms with Crippen LogP contribution in [-0.2, 0) is 0 Å². The molecule has 0 bridgehead atoms. The summed E-state index contributed by atoms with van der Waals surface area (Å²) >= 11 is 0. The van der Waals surface area contributed by atoms with Crippen LogP contribution < -0.4 is 0 Å². The van der Waals surface area contributed by atoms with Gasteiger partial charge in [0, 0.05) is 23.9 Å². The number of nitrogens with zero attached hydrogens (tertiary/aromatic N) is 3. The minimum atomic E-state index is -0.493. The van der Waals surface area contributed by atoms with Crippen molar-refractivity contribution in [1.29, 1.82) is 0 Å². The third-order valence-corrected chi connectivity index (χ3v) is 1.54. The van der Waals surface area contributed by atoms with E-state index in [2.05, 4.69) is 5.10 Å². The first-order valence-electron chi connectivity index (χ1n) is 3.95. The summed E-state index contributed by atoms with van der Waals surface area (Å²) in [6.45, 7) is 3.99. The van der Waals surface area contributed by atoms with Gasteiger partial charge >= 0.3 is 0 Å². The fourth-order valence-electron chi connectivity index (χ4n) is 0.868. The second-order valence-corrected chi connectivity index (χ2v) is 2.95. The number of nitro groups is 1. The summed E-state index contributed by atoms with van der Waals surface area (Å²) in [6.07, 6.45) is 5.69. The fraction of sp³-hybridized carbons (Fsp3) is 0.375. The molecule has 1 heterocycles. The molecule has 0 saturated carbocycles. The van der Waals surface area contributed by atoms with E-state index in [4.69, 9.17) is 0 Å². The van der Waals surface area contributed by atoms with E-state index in [0.717, 1.165) is 11.8 Å². The highest BCUT2D eigenvalue weighted by atomic mass is 16.6. The van der Waals surface area contributed by atoms with Crippen molar-refractivity contribution in [2.75, 3.05) is 0 Å². The molecule has 0 N–H and O–H groups in total. The summed E-state index contributed by atoms with van der Waals surface area (Å²) in [5.41, 5.74) is 0.741. The van der Waals surface area contributed by atoms with Gasteiger partial charge in [-0.05, 0) is 13.8 Å². The van der Waals surface area contributed by atoms with Crippen LogP contribution in [0.4, 0.5) is 0 Å². The molecule has 0 aromatic carbocycles. The van der Waals surface area contributed by atoms with Crippen molar-refractivity contribution in [2.24, 2.45) is 0 Å². The van der Waals surface area contributed by atoms with Gasteiger partial charge in [0.2, 0.25) is 6.20 Å². The quantitative estimate of drug-likeness (QED) is 0.526. The van der Waals surface area contributed by atoms with Gasteiger partial charge in [-0.15, -0.1) is 0 Å². The van der Waals surface area contributed by atoms with Crippen molar-refractivity contribution in [3.05, 3.63) is 34.3 Å². The van der Waals surface area contributed by atoms with Crippen molar-refractivity contribution < 1.29 is 4.92 Å². The van der Waals surface area contributed by atoms with E-state index in [1.54, 1.807) is 17.1 Å². The Labute approximate surface area is 75.8 Å². The molecule has 1 aromatic rings. The summed E-state index contributed by atoms with van der Waals surface area (Å²) in [7, 11) is 0. The Morgan fingerprint density at radius 1 is 1.69 bits per heavy atom. The molecule has 0 amide bonds. The van der Waals surface area contributed by atoms with E-state index in [9.17, 15) is 10.1 Å². The molecule has 0 saturated heterocycles. The van der Waals surface area contributed by atoms with Crippen LogP contribution in [-0.4, -0.2) is 14.7 Å². The molecule has 5 nitrogen and oxygen atoms in total. The minimum Gasteiger partial charge on any atom is -0.270 e. The van der Waals surface area contributed by atoms with E-state index < -0.39 is 4.92 Å². The first-order valence-corrected chi connectivity index (χ1v) is 3.95. The highest BCUT2D eigenvalue weighted by Crippen LogP contribution is 2.06. The van der Waals surface area contributed by atoms with Crippen molar-refractivity contribution in [3.8, 4) is 0 Å². The Bertz CT molecular complexity index is 328. The van der Waals surface area contributed by atoms with Crippen LogP contribution in [0.2, 0.25) is 0 Å². The van der Waals surface area contributed by atoms with Gasteiger partial charge in [0.1, 0.15) is 0 Å². The van der Waals surface area contributed by atoms with Crippen LogP contribution in [0.3, 0.4) is 0 Å². The topological polar surface area (TPSA) is 61.0 Å². The van der Waals surface area contributed by atoms with Crippen molar-refractivity contribution in [1.82, 2.24) is 9.78 Å². The lowest BCUT2D eigenvalue weighted by atomic mass is 10.3. The highest BCUT2D eigenvalue weighted by Gasteiger charge is 1.99. The van der Waals surface area contributed by atoms with Crippen LogP contribution in [0.1, 0.15) is 25.5 Å². The molecule has 0 fully saturated rings. The zero-order valence-corrected chi connectivity index (χ0v) is 7.54. The molecule has 0 atom stereocenters. The van der Waals surface area contributed by atoms with Gasteiger partial charge in [-0.3, -0.25) is 14.8 Å². The zero-order valence-electron chi connectivity index (χ0n) is 7.54. The molecule has 1 aromatic heterocycles. The van der Waals surface area contributed by atoms with Crippen LogP contribution >= 0.6 is 0 Å². The first kappa shape index (κ1) is 9.44. The predicted octanol–water partition coefficient (Wildman–Crippen LogP) is 1.71. The van der Waals surface area contributed by atoms with Crippen molar-refractivity contribution in [2.45, 2.75) is 19.9 Å². The van der Waals surface area contributed by atoms with Crippen LogP contribution in [0.25, 0.3) is 6.08 Å². The van der Waals surface area contributed by atoms with E-state index in [0.29, 0.717) is 0 Å². The monoisotopic (exact) mass is 181 g/mol. The minimum absolute atomic E-state index is 0.276. The van der Waals surface area contributed by atoms with Gasteiger partial charge in [0.15, 0.2) is 0 Å². The Hall–Kier alpha value is -1.65. The van der Waals surface area contributed by atoms with Crippen molar-refractivity contribution in [3.63, 3.8) is 0 Å². The lowest BCUT2D eigenvalue weighted by Crippen LogP contribution is -1.99. The van der Waals surface area contributed by atoms with Gasteiger partial charge in [-0.2, -0.15) is 5.10 Å². The number of rotatable bonds is 3. The second-order valence-electron chi connectivity index (χ2n) is 2.95. The molecule has 0 aliphatic heterocycles. The lowest BCUT2D eigenvalue weighted by molar-refractivity contribution is -0.400. The average molecular weight is 181 g/mol. The Balaban J connectivity index is 2.75. The van der Waals surface area contributed by atoms with E-state index in [1.807, 2.05) is 13.8 Å². The van der Waals surface area contributed by atoms with Gasteiger partial charge < -0.3 is 0 Å². The van der Waals surface area contributed by atoms with E-state index in [-0.39, 0.29) is 6.04 Å². The van der Waals surface area contributed by atoms with Gasteiger partial charge in [0.25, 0.3) is 0 Å². The molecule has 0 unspecified atom stereocenters. The smallest absolute Gasteiger partial charge is 0.235 e. The molecule has 70 valence electrons. The normalized spacial score (nSPS) is 11.3. The molecular formula is C8H11N3O2. The standard InChI is InChI=1S/C8H11N3O2/c1-7(2)10-6-8(5-9-10)3-4-11(12)13/h3-7H,1-2H3/b4-3+. The maximum atomic E-state index is 10.0. The summed E-state index contributed by atoms with van der Waals surface area (Å²) in [5, 5.41) is 14.0. The maximum Gasteiger partial charge on any atom is 0.235 e. The van der Waals surface area contributed by atoms with Crippen LogP contribution in [0.5, 0.6) is 0 Å². The molecule has 1 rings (SSSR count). The average Bonchev–Trinajstić information content (AvgIpc) is 2.48. The molecule has 0 aliphatic carbocycles. The third-order valence-electron chi connectivity index (χ3n) is 1.54. The fourth-order valence-corrected chi connectivity index (χ4v) is 0.868. The number of hydrogen-bond donors (Lipinski definition) is 0. The summed E-state index contributed by atoms with van der Waals surface area (Å²) in [5.74, 6) is 0. The third kappa shape index (κ3) is 2.70. The number of hydrogen-bond acceptors (Lipinski definition) is 3. The maximum absolute atomic E-state index is 10.0. The second kappa shape index (κ2) is 3.84. The van der Waals surface area contributed by atoms with Crippen molar-refractivity contribution >= 4 is 6.08 Å². The Morgan fingerprint density at radius 2 is 2.38 bits per heavy atom.